The Morgan fingerprint density at radius 3 is 3.06 bits per heavy atom. The van der Waals surface area contributed by atoms with Gasteiger partial charge in [-0.15, -0.1) is 0 Å². The van der Waals surface area contributed by atoms with Crippen LogP contribution in [0.25, 0.3) is 0 Å². The van der Waals surface area contributed by atoms with Crippen LogP contribution < -0.4 is 0 Å². The van der Waals surface area contributed by atoms with Gasteiger partial charge >= 0.3 is 0 Å². The topological polar surface area (TPSA) is 52.1 Å². The number of hydrogen-bond donors (Lipinski definition) is 1. The van der Waals surface area contributed by atoms with E-state index >= 15 is 0 Å². The molecule has 1 aromatic rings. The van der Waals surface area contributed by atoms with Gasteiger partial charge in [0.25, 0.3) is 0 Å². The zero-order valence-electron chi connectivity index (χ0n) is 9.60. The van der Waals surface area contributed by atoms with E-state index in [1.807, 2.05) is 4.57 Å². The molecular formula is C10H17N3O2S. The van der Waals surface area contributed by atoms with Gasteiger partial charge < -0.3 is 9.47 Å². The monoisotopic (exact) mass is 243 g/mol. The molecular weight excluding hydrogens is 226 g/mol. The second-order valence-corrected chi connectivity index (χ2v) is 4.43. The third-order valence-corrected chi connectivity index (χ3v) is 3.14. The lowest BCUT2D eigenvalue weighted by Crippen LogP contribution is -2.12. The fraction of sp³-hybridized carbons (Fsp3) is 0.800. The van der Waals surface area contributed by atoms with Crippen molar-refractivity contribution in [3.8, 4) is 0 Å². The van der Waals surface area contributed by atoms with Gasteiger partial charge in [-0.2, -0.15) is 5.10 Å². The Kier molecular flexibility index (Phi) is 3.73. The highest BCUT2D eigenvalue weighted by molar-refractivity contribution is 7.71. The van der Waals surface area contributed by atoms with Crippen LogP contribution in [0.5, 0.6) is 0 Å². The molecule has 0 bridgehead atoms. The summed E-state index contributed by atoms with van der Waals surface area (Å²) in [5, 5.41) is 7.07. The van der Waals surface area contributed by atoms with Crippen molar-refractivity contribution in [1.29, 1.82) is 0 Å². The van der Waals surface area contributed by atoms with E-state index in [4.69, 9.17) is 21.7 Å². The Labute approximate surface area is 99.8 Å². The Balaban J connectivity index is 2.17. The van der Waals surface area contributed by atoms with Crippen molar-refractivity contribution < 1.29 is 9.47 Å². The average Bonchev–Trinajstić information content (AvgIpc) is 2.82. The van der Waals surface area contributed by atoms with Crippen LogP contribution in [0.3, 0.4) is 0 Å². The summed E-state index contributed by atoms with van der Waals surface area (Å²) in [6.07, 6.45) is 2.47. The van der Waals surface area contributed by atoms with Crippen LogP contribution in [0.2, 0.25) is 0 Å². The molecule has 0 saturated carbocycles. The predicted molar refractivity (Wildman–Crippen MR) is 61.8 cm³/mol. The van der Waals surface area contributed by atoms with E-state index in [0.29, 0.717) is 17.5 Å². The number of aromatic nitrogens is 3. The van der Waals surface area contributed by atoms with Gasteiger partial charge in [-0.1, -0.05) is 0 Å². The molecule has 2 rings (SSSR count). The minimum absolute atomic E-state index is 0.0693. The fourth-order valence-electron chi connectivity index (χ4n) is 1.97. The number of nitrogens with zero attached hydrogens (tertiary/aromatic N) is 2. The van der Waals surface area contributed by atoms with Crippen molar-refractivity contribution >= 4 is 12.2 Å². The number of nitrogens with one attached hydrogen (secondary N) is 1. The highest BCUT2D eigenvalue weighted by atomic mass is 32.1. The minimum Gasteiger partial charge on any atom is -0.383 e. The summed E-state index contributed by atoms with van der Waals surface area (Å²) in [5.74, 6) is 0.895. The first-order chi connectivity index (χ1) is 7.72. The summed E-state index contributed by atoms with van der Waals surface area (Å²) >= 11 is 5.18. The van der Waals surface area contributed by atoms with E-state index in [-0.39, 0.29) is 6.10 Å². The normalized spacial score (nSPS) is 25.1. The van der Waals surface area contributed by atoms with Crippen molar-refractivity contribution in [2.24, 2.45) is 0 Å². The van der Waals surface area contributed by atoms with Gasteiger partial charge in [0.05, 0.1) is 19.3 Å². The van der Waals surface area contributed by atoms with Crippen LogP contribution in [0.15, 0.2) is 0 Å². The summed E-state index contributed by atoms with van der Waals surface area (Å²) in [5.41, 5.74) is 0. The highest BCUT2D eigenvalue weighted by Crippen LogP contribution is 2.31. The lowest BCUT2D eigenvalue weighted by molar-refractivity contribution is 0.0470. The van der Waals surface area contributed by atoms with Gasteiger partial charge in [-0.25, -0.2) is 0 Å². The smallest absolute Gasteiger partial charge is 0.195 e. The van der Waals surface area contributed by atoms with Crippen LogP contribution in [-0.2, 0) is 16.0 Å². The van der Waals surface area contributed by atoms with E-state index in [9.17, 15) is 0 Å². The van der Waals surface area contributed by atoms with Gasteiger partial charge in [0.15, 0.2) is 10.6 Å². The SMILES string of the molecule is COCCn1c(C2CCC(C)O2)n[nH]c1=S. The van der Waals surface area contributed by atoms with Crippen LogP contribution >= 0.6 is 12.2 Å². The first-order valence-electron chi connectivity index (χ1n) is 5.52. The molecule has 1 fully saturated rings. The number of rotatable bonds is 4. The van der Waals surface area contributed by atoms with Crippen molar-refractivity contribution in [1.82, 2.24) is 14.8 Å². The molecule has 1 aliphatic rings. The van der Waals surface area contributed by atoms with E-state index < -0.39 is 0 Å². The lowest BCUT2D eigenvalue weighted by atomic mass is 10.2. The second kappa shape index (κ2) is 5.07. The molecule has 6 heteroatoms. The van der Waals surface area contributed by atoms with Crippen LogP contribution in [-0.4, -0.2) is 34.6 Å². The molecule has 2 atom stereocenters. The van der Waals surface area contributed by atoms with E-state index in [0.717, 1.165) is 25.2 Å². The first-order valence-corrected chi connectivity index (χ1v) is 5.92. The second-order valence-electron chi connectivity index (χ2n) is 4.04. The zero-order valence-corrected chi connectivity index (χ0v) is 10.4. The minimum atomic E-state index is 0.0693. The molecule has 0 radical (unpaired) electrons. The summed E-state index contributed by atoms with van der Waals surface area (Å²) in [6, 6.07) is 0. The summed E-state index contributed by atoms with van der Waals surface area (Å²) in [6.45, 7) is 3.43. The Morgan fingerprint density at radius 1 is 1.62 bits per heavy atom. The van der Waals surface area contributed by atoms with Gasteiger partial charge in [0, 0.05) is 7.11 Å². The maximum absolute atomic E-state index is 5.79. The Bertz CT molecular complexity index is 401. The van der Waals surface area contributed by atoms with Crippen LogP contribution in [0.1, 0.15) is 31.7 Å². The van der Waals surface area contributed by atoms with E-state index in [1.54, 1.807) is 7.11 Å². The number of hydrogen-bond acceptors (Lipinski definition) is 4. The number of methoxy groups -OCH3 is 1. The van der Waals surface area contributed by atoms with E-state index in [1.165, 1.54) is 0 Å². The molecule has 1 aliphatic heterocycles. The number of H-pyrrole nitrogens is 1. The summed E-state index contributed by atoms with van der Waals surface area (Å²) in [4.78, 5) is 0. The molecule has 5 nitrogen and oxygen atoms in total. The van der Waals surface area contributed by atoms with Gasteiger partial charge in [0.2, 0.25) is 0 Å². The van der Waals surface area contributed by atoms with Crippen molar-refractivity contribution in [2.45, 2.75) is 38.5 Å². The van der Waals surface area contributed by atoms with Crippen LogP contribution in [0.4, 0.5) is 0 Å². The molecule has 90 valence electrons. The summed E-state index contributed by atoms with van der Waals surface area (Å²) < 4.78 is 13.4. The molecule has 0 amide bonds. The molecule has 1 saturated heterocycles. The molecule has 0 spiro atoms. The van der Waals surface area contributed by atoms with Crippen molar-refractivity contribution in [3.63, 3.8) is 0 Å². The molecule has 2 unspecified atom stereocenters. The number of ether oxygens (including phenoxy) is 2. The van der Waals surface area contributed by atoms with Crippen molar-refractivity contribution in [3.05, 3.63) is 10.6 Å². The first kappa shape index (κ1) is 11.8. The average molecular weight is 243 g/mol. The third-order valence-electron chi connectivity index (χ3n) is 2.83. The van der Waals surface area contributed by atoms with Crippen molar-refractivity contribution in [2.75, 3.05) is 13.7 Å². The standard InChI is InChI=1S/C10H17N3O2S/c1-7-3-4-8(15-7)9-11-12-10(16)13(9)5-6-14-2/h7-8H,3-6H2,1-2H3,(H,12,16). The number of aromatic amines is 1. The maximum atomic E-state index is 5.79. The largest absolute Gasteiger partial charge is 0.383 e. The van der Waals surface area contributed by atoms with Gasteiger partial charge in [0.1, 0.15) is 6.10 Å². The van der Waals surface area contributed by atoms with Gasteiger partial charge in [-0.05, 0) is 32.0 Å². The predicted octanol–water partition coefficient (Wildman–Crippen LogP) is 1.83. The van der Waals surface area contributed by atoms with Crippen LogP contribution in [0, 0.1) is 4.77 Å². The third kappa shape index (κ3) is 2.34. The van der Waals surface area contributed by atoms with E-state index in [2.05, 4.69) is 17.1 Å². The highest BCUT2D eigenvalue weighted by Gasteiger charge is 2.27. The molecule has 1 N–H and O–H groups in total. The zero-order chi connectivity index (χ0) is 11.5. The molecule has 0 aliphatic carbocycles. The summed E-state index contributed by atoms with van der Waals surface area (Å²) in [7, 11) is 1.68. The quantitative estimate of drug-likeness (QED) is 0.820. The lowest BCUT2D eigenvalue weighted by Gasteiger charge is -2.12. The molecule has 16 heavy (non-hydrogen) atoms. The van der Waals surface area contributed by atoms with Gasteiger partial charge in [-0.3, -0.25) is 9.67 Å². The maximum Gasteiger partial charge on any atom is 0.195 e. The Hall–Kier alpha value is -0.720. The molecule has 2 heterocycles. The Morgan fingerprint density at radius 2 is 2.44 bits per heavy atom. The molecule has 0 aromatic carbocycles. The fourth-order valence-corrected chi connectivity index (χ4v) is 2.20. The molecule has 1 aromatic heterocycles.